The van der Waals surface area contributed by atoms with Gasteiger partial charge in [0.2, 0.25) is 11.8 Å². The first-order chi connectivity index (χ1) is 6.22. The Kier molecular flexibility index (Phi) is 3.73. The zero-order valence-corrected chi connectivity index (χ0v) is 7.93. The van der Waals surface area contributed by atoms with Gasteiger partial charge in [-0.15, -0.1) is 0 Å². The average molecular weight is 184 g/mol. The molecular weight excluding hydrogens is 168 g/mol. The van der Waals surface area contributed by atoms with Gasteiger partial charge < -0.3 is 10.6 Å². The fraction of sp³-hybridized carbons (Fsp3) is 0.778. The van der Waals surface area contributed by atoms with E-state index < -0.39 is 0 Å². The molecule has 0 bridgehead atoms. The van der Waals surface area contributed by atoms with Crippen LogP contribution < -0.4 is 10.6 Å². The van der Waals surface area contributed by atoms with Crippen LogP contribution in [0.15, 0.2) is 0 Å². The Morgan fingerprint density at radius 2 is 2.00 bits per heavy atom. The van der Waals surface area contributed by atoms with E-state index in [0.717, 1.165) is 19.3 Å². The molecule has 0 aromatic carbocycles. The van der Waals surface area contributed by atoms with Crippen molar-refractivity contribution in [3.05, 3.63) is 0 Å². The monoisotopic (exact) mass is 184 g/mol. The summed E-state index contributed by atoms with van der Waals surface area (Å²) in [5.74, 6) is -0.125. The van der Waals surface area contributed by atoms with Crippen molar-refractivity contribution >= 4 is 11.8 Å². The van der Waals surface area contributed by atoms with Crippen molar-refractivity contribution in [2.75, 3.05) is 6.54 Å². The maximum absolute atomic E-state index is 11.1. The highest BCUT2D eigenvalue weighted by atomic mass is 16.2. The van der Waals surface area contributed by atoms with Gasteiger partial charge in [0.05, 0.1) is 6.54 Å². The lowest BCUT2D eigenvalue weighted by Crippen LogP contribution is -2.37. The summed E-state index contributed by atoms with van der Waals surface area (Å²) in [6.45, 7) is 2.05. The molecule has 0 heterocycles. The van der Waals surface area contributed by atoms with Gasteiger partial charge in [0.15, 0.2) is 0 Å². The minimum absolute atomic E-state index is 0.0477. The van der Waals surface area contributed by atoms with Crippen LogP contribution in [0.1, 0.15) is 32.6 Å². The summed E-state index contributed by atoms with van der Waals surface area (Å²) in [5, 5.41) is 5.36. The quantitative estimate of drug-likeness (QED) is 0.640. The lowest BCUT2D eigenvalue weighted by atomic mass is 10.3. The molecule has 1 aliphatic rings. The Morgan fingerprint density at radius 1 is 1.31 bits per heavy atom. The first-order valence-corrected chi connectivity index (χ1v) is 4.78. The summed E-state index contributed by atoms with van der Waals surface area (Å²) in [6.07, 6.45) is 3.47. The van der Waals surface area contributed by atoms with E-state index >= 15 is 0 Å². The van der Waals surface area contributed by atoms with Gasteiger partial charge in [-0.2, -0.15) is 0 Å². The first kappa shape index (κ1) is 10.0. The van der Waals surface area contributed by atoms with Crippen molar-refractivity contribution in [1.29, 1.82) is 0 Å². The van der Waals surface area contributed by atoms with Crippen LogP contribution in [0, 0.1) is 0 Å². The van der Waals surface area contributed by atoms with E-state index in [1.54, 1.807) is 0 Å². The molecular formula is C9H16N2O2. The van der Waals surface area contributed by atoms with Crippen molar-refractivity contribution in [2.24, 2.45) is 0 Å². The molecule has 0 spiro atoms. The molecule has 4 nitrogen and oxygen atoms in total. The highest BCUT2D eigenvalue weighted by molar-refractivity contribution is 5.84. The Bertz CT molecular complexity index is 200. The highest BCUT2D eigenvalue weighted by Crippen LogP contribution is 2.18. The number of hydrogen-bond acceptors (Lipinski definition) is 2. The summed E-state index contributed by atoms with van der Waals surface area (Å²) in [6, 6.07) is 0.371. The summed E-state index contributed by atoms with van der Waals surface area (Å²) in [7, 11) is 0. The smallest absolute Gasteiger partial charge is 0.239 e. The Morgan fingerprint density at radius 3 is 2.54 bits per heavy atom. The molecule has 2 amide bonds. The van der Waals surface area contributed by atoms with E-state index in [9.17, 15) is 9.59 Å². The summed E-state index contributed by atoms with van der Waals surface area (Å²) < 4.78 is 0. The molecule has 4 heteroatoms. The summed E-state index contributed by atoms with van der Waals surface area (Å²) in [4.78, 5) is 22.0. The summed E-state index contributed by atoms with van der Waals surface area (Å²) >= 11 is 0. The van der Waals surface area contributed by atoms with E-state index in [2.05, 4.69) is 10.6 Å². The number of hydrogen-bond donors (Lipinski definition) is 2. The fourth-order valence-electron chi connectivity index (χ4n) is 1.00. The van der Waals surface area contributed by atoms with Gasteiger partial charge in [-0.05, 0) is 19.3 Å². The van der Waals surface area contributed by atoms with E-state index in [-0.39, 0.29) is 18.4 Å². The third-order valence-corrected chi connectivity index (χ3v) is 1.87. The van der Waals surface area contributed by atoms with Gasteiger partial charge in [-0.25, -0.2) is 0 Å². The molecule has 1 aliphatic carbocycles. The molecule has 2 N–H and O–H groups in total. The maximum atomic E-state index is 11.1. The van der Waals surface area contributed by atoms with Gasteiger partial charge >= 0.3 is 0 Å². The number of carbonyl (C=O) groups excluding carboxylic acids is 2. The van der Waals surface area contributed by atoms with Crippen molar-refractivity contribution in [1.82, 2.24) is 10.6 Å². The van der Waals surface area contributed by atoms with Crippen LogP contribution in [0.5, 0.6) is 0 Å². The first-order valence-electron chi connectivity index (χ1n) is 4.78. The number of nitrogens with one attached hydrogen (secondary N) is 2. The second-order valence-electron chi connectivity index (χ2n) is 3.37. The van der Waals surface area contributed by atoms with Crippen LogP contribution in [0.3, 0.4) is 0 Å². The van der Waals surface area contributed by atoms with Gasteiger partial charge in [0, 0.05) is 12.5 Å². The molecule has 1 fully saturated rings. The molecule has 1 saturated carbocycles. The molecule has 0 saturated heterocycles. The van der Waals surface area contributed by atoms with E-state index in [1.807, 2.05) is 6.92 Å². The molecule has 0 unspecified atom stereocenters. The van der Waals surface area contributed by atoms with Gasteiger partial charge in [-0.3, -0.25) is 9.59 Å². The van der Waals surface area contributed by atoms with Crippen molar-refractivity contribution < 1.29 is 9.59 Å². The minimum atomic E-state index is -0.0769. The lowest BCUT2D eigenvalue weighted by Gasteiger charge is -2.04. The van der Waals surface area contributed by atoms with Crippen LogP contribution in [0.25, 0.3) is 0 Å². The maximum Gasteiger partial charge on any atom is 0.239 e. The zero-order valence-electron chi connectivity index (χ0n) is 7.93. The lowest BCUT2D eigenvalue weighted by molar-refractivity contribution is -0.126. The second-order valence-corrected chi connectivity index (χ2v) is 3.37. The number of carbonyl (C=O) groups is 2. The third kappa shape index (κ3) is 4.50. The average Bonchev–Trinajstić information content (AvgIpc) is 2.85. The summed E-state index contributed by atoms with van der Waals surface area (Å²) in [5.41, 5.74) is 0. The molecule has 0 aliphatic heterocycles. The van der Waals surface area contributed by atoms with Crippen molar-refractivity contribution in [3.63, 3.8) is 0 Å². The molecule has 0 aromatic heterocycles. The van der Waals surface area contributed by atoms with Crippen LogP contribution in [-0.2, 0) is 9.59 Å². The van der Waals surface area contributed by atoms with E-state index in [1.165, 1.54) is 0 Å². The number of rotatable bonds is 5. The molecule has 13 heavy (non-hydrogen) atoms. The fourth-order valence-corrected chi connectivity index (χ4v) is 1.00. The zero-order chi connectivity index (χ0) is 9.68. The molecule has 0 radical (unpaired) electrons. The largest absolute Gasteiger partial charge is 0.352 e. The van der Waals surface area contributed by atoms with E-state index in [0.29, 0.717) is 12.5 Å². The van der Waals surface area contributed by atoms with Crippen LogP contribution in [0.2, 0.25) is 0 Å². The predicted molar refractivity (Wildman–Crippen MR) is 49.1 cm³/mol. The second kappa shape index (κ2) is 4.84. The molecule has 0 atom stereocenters. The van der Waals surface area contributed by atoms with Crippen LogP contribution in [-0.4, -0.2) is 24.4 Å². The minimum Gasteiger partial charge on any atom is -0.352 e. The van der Waals surface area contributed by atoms with E-state index in [4.69, 9.17) is 0 Å². The standard InChI is InChI=1S/C9H16N2O2/c1-2-3-8(12)10-6-9(13)11-7-4-5-7/h7H,2-6H2,1H3,(H,10,12)(H,11,13). The SMILES string of the molecule is CCCC(=O)NCC(=O)NC1CC1. The topological polar surface area (TPSA) is 58.2 Å². The van der Waals surface area contributed by atoms with Gasteiger partial charge in [0.25, 0.3) is 0 Å². The molecule has 1 rings (SSSR count). The molecule has 74 valence electrons. The van der Waals surface area contributed by atoms with Crippen molar-refractivity contribution in [3.8, 4) is 0 Å². The Hall–Kier alpha value is -1.06. The Labute approximate surface area is 78.1 Å². The number of amides is 2. The van der Waals surface area contributed by atoms with Gasteiger partial charge in [-0.1, -0.05) is 6.92 Å². The van der Waals surface area contributed by atoms with Crippen LogP contribution in [0.4, 0.5) is 0 Å². The molecule has 0 aromatic rings. The van der Waals surface area contributed by atoms with Crippen molar-refractivity contribution in [2.45, 2.75) is 38.6 Å². The highest BCUT2D eigenvalue weighted by Gasteiger charge is 2.22. The third-order valence-electron chi connectivity index (χ3n) is 1.87. The normalized spacial score (nSPS) is 15.2. The van der Waals surface area contributed by atoms with Gasteiger partial charge in [0.1, 0.15) is 0 Å². The Balaban J connectivity index is 2.02. The predicted octanol–water partition coefficient (Wildman–Crippen LogP) is 0.181. The van der Waals surface area contributed by atoms with Crippen LogP contribution >= 0.6 is 0 Å².